The first-order valence-corrected chi connectivity index (χ1v) is 3.68. The zero-order chi connectivity index (χ0) is 7.98. The van der Waals surface area contributed by atoms with Crippen LogP contribution in [-0.2, 0) is 9.59 Å². The van der Waals surface area contributed by atoms with Gasteiger partial charge in [-0.2, -0.15) is 0 Å². The first kappa shape index (κ1) is 9.34. The van der Waals surface area contributed by atoms with E-state index in [0.29, 0.717) is 0 Å². The van der Waals surface area contributed by atoms with Gasteiger partial charge in [0, 0.05) is 0 Å². The average molecular weight is 142 g/mol. The molecule has 0 amide bonds. The lowest BCUT2D eigenvalue weighted by Crippen LogP contribution is -2.11. The van der Waals surface area contributed by atoms with Gasteiger partial charge in [0.05, 0.1) is 5.92 Å². The van der Waals surface area contributed by atoms with Gasteiger partial charge in [0.1, 0.15) is 12.1 Å². The lowest BCUT2D eigenvalue weighted by atomic mass is 10.0. The van der Waals surface area contributed by atoms with Crippen molar-refractivity contribution in [1.29, 1.82) is 0 Å². The number of aldehydes is 1. The van der Waals surface area contributed by atoms with E-state index in [9.17, 15) is 9.59 Å². The minimum Gasteiger partial charge on any atom is -0.303 e. The van der Waals surface area contributed by atoms with E-state index in [0.717, 1.165) is 25.5 Å². The highest BCUT2D eigenvalue weighted by Crippen LogP contribution is 2.06. The molecule has 2 nitrogen and oxygen atoms in total. The fourth-order valence-electron chi connectivity index (χ4n) is 0.791. The van der Waals surface area contributed by atoms with Crippen LogP contribution in [0.1, 0.15) is 33.1 Å². The Bertz CT molecular complexity index is 118. The molecule has 0 rings (SSSR count). The van der Waals surface area contributed by atoms with E-state index < -0.39 is 0 Å². The van der Waals surface area contributed by atoms with Crippen LogP contribution in [0.4, 0.5) is 0 Å². The molecule has 0 aliphatic carbocycles. The van der Waals surface area contributed by atoms with Crippen LogP contribution in [0.15, 0.2) is 0 Å². The first-order valence-electron chi connectivity index (χ1n) is 3.68. The van der Waals surface area contributed by atoms with Crippen LogP contribution in [0.3, 0.4) is 0 Å². The molecule has 0 aliphatic rings. The van der Waals surface area contributed by atoms with Gasteiger partial charge < -0.3 is 4.79 Å². The molecule has 58 valence electrons. The smallest absolute Gasteiger partial charge is 0.139 e. The third-order valence-corrected chi connectivity index (χ3v) is 1.56. The molecule has 0 spiro atoms. The third-order valence-electron chi connectivity index (χ3n) is 1.56. The second kappa shape index (κ2) is 5.15. The summed E-state index contributed by atoms with van der Waals surface area (Å²) in [4.78, 5) is 20.9. The van der Waals surface area contributed by atoms with Crippen LogP contribution in [0, 0.1) is 5.92 Å². The highest BCUT2D eigenvalue weighted by molar-refractivity contribution is 5.91. The van der Waals surface area contributed by atoms with E-state index in [1.54, 1.807) is 0 Å². The number of hydrogen-bond donors (Lipinski definition) is 0. The number of rotatable bonds is 5. The van der Waals surface area contributed by atoms with Crippen molar-refractivity contribution < 1.29 is 9.59 Å². The summed E-state index contributed by atoms with van der Waals surface area (Å²) < 4.78 is 0. The largest absolute Gasteiger partial charge is 0.303 e. The van der Waals surface area contributed by atoms with Crippen LogP contribution in [-0.4, -0.2) is 12.1 Å². The minimum atomic E-state index is -0.347. The van der Waals surface area contributed by atoms with E-state index in [4.69, 9.17) is 0 Å². The van der Waals surface area contributed by atoms with Gasteiger partial charge in [-0.15, -0.1) is 0 Å². The number of carbonyl (C=O) groups is 2. The maximum Gasteiger partial charge on any atom is 0.139 e. The predicted octanol–water partition coefficient (Wildman–Crippen LogP) is 1.58. The lowest BCUT2D eigenvalue weighted by Gasteiger charge is -2.02. The van der Waals surface area contributed by atoms with Crippen LogP contribution < -0.4 is 0 Å². The van der Waals surface area contributed by atoms with Crippen LogP contribution in [0.2, 0.25) is 0 Å². The summed E-state index contributed by atoms with van der Waals surface area (Å²) in [6.07, 6.45) is 3.47. The Balaban J connectivity index is 3.60. The van der Waals surface area contributed by atoms with E-state index in [1.807, 2.05) is 6.92 Å². The molecule has 0 saturated heterocycles. The Hall–Kier alpha value is -0.660. The van der Waals surface area contributed by atoms with Gasteiger partial charge in [0.2, 0.25) is 0 Å². The van der Waals surface area contributed by atoms with Gasteiger partial charge in [-0.05, 0) is 13.3 Å². The fraction of sp³-hybridized carbons (Fsp3) is 0.750. The van der Waals surface area contributed by atoms with Gasteiger partial charge in [-0.3, -0.25) is 4.79 Å². The topological polar surface area (TPSA) is 34.1 Å². The summed E-state index contributed by atoms with van der Waals surface area (Å²) in [6.45, 7) is 3.51. The predicted molar refractivity (Wildman–Crippen MR) is 39.8 cm³/mol. The van der Waals surface area contributed by atoms with Crippen molar-refractivity contribution in [3.05, 3.63) is 0 Å². The second-order valence-corrected chi connectivity index (χ2v) is 2.50. The van der Waals surface area contributed by atoms with Crippen molar-refractivity contribution >= 4 is 12.1 Å². The summed E-state index contributed by atoms with van der Waals surface area (Å²) in [7, 11) is 0. The molecular formula is C8H14O2. The van der Waals surface area contributed by atoms with Gasteiger partial charge in [0.15, 0.2) is 0 Å². The normalized spacial score (nSPS) is 12.6. The number of Topliss-reactive ketones (excluding diaryl/α,β-unsaturated/α-hetero) is 1. The zero-order valence-electron chi connectivity index (χ0n) is 6.59. The molecule has 0 N–H and O–H groups in total. The molecule has 0 aromatic carbocycles. The van der Waals surface area contributed by atoms with Crippen LogP contribution >= 0.6 is 0 Å². The Kier molecular flexibility index (Phi) is 4.81. The summed E-state index contributed by atoms with van der Waals surface area (Å²) in [5, 5.41) is 0. The molecule has 0 bridgehead atoms. The van der Waals surface area contributed by atoms with Crippen molar-refractivity contribution in [2.24, 2.45) is 5.92 Å². The van der Waals surface area contributed by atoms with Crippen molar-refractivity contribution in [1.82, 2.24) is 0 Å². The van der Waals surface area contributed by atoms with Gasteiger partial charge >= 0.3 is 0 Å². The second-order valence-electron chi connectivity index (χ2n) is 2.50. The molecule has 0 aromatic heterocycles. The summed E-state index contributed by atoms with van der Waals surface area (Å²) >= 11 is 0. The van der Waals surface area contributed by atoms with Crippen LogP contribution in [0.25, 0.3) is 0 Å². The molecule has 1 atom stereocenters. The highest BCUT2D eigenvalue weighted by Gasteiger charge is 2.10. The number of unbranched alkanes of at least 4 members (excludes halogenated alkanes) is 1. The Morgan fingerprint density at radius 1 is 1.60 bits per heavy atom. The molecular weight excluding hydrogens is 128 g/mol. The number of hydrogen-bond acceptors (Lipinski definition) is 2. The van der Waals surface area contributed by atoms with Gasteiger partial charge in [-0.1, -0.05) is 19.8 Å². The monoisotopic (exact) mass is 142 g/mol. The molecule has 0 radical (unpaired) electrons. The summed E-state index contributed by atoms with van der Waals surface area (Å²) in [5.74, 6) is -0.358. The maximum absolute atomic E-state index is 10.6. The Morgan fingerprint density at radius 3 is 2.50 bits per heavy atom. The number of ketones is 1. The quantitative estimate of drug-likeness (QED) is 0.431. The molecule has 0 heterocycles. The molecule has 0 aromatic rings. The van der Waals surface area contributed by atoms with Gasteiger partial charge in [-0.25, -0.2) is 0 Å². The van der Waals surface area contributed by atoms with Crippen molar-refractivity contribution in [2.75, 3.05) is 0 Å². The molecule has 0 saturated carbocycles. The van der Waals surface area contributed by atoms with E-state index in [1.165, 1.54) is 6.92 Å². The fourth-order valence-corrected chi connectivity index (χ4v) is 0.791. The zero-order valence-corrected chi connectivity index (χ0v) is 6.59. The van der Waals surface area contributed by atoms with E-state index in [-0.39, 0.29) is 11.7 Å². The van der Waals surface area contributed by atoms with E-state index >= 15 is 0 Å². The maximum atomic E-state index is 10.6. The van der Waals surface area contributed by atoms with Crippen LogP contribution in [0.5, 0.6) is 0 Å². The Morgan fingerprint density at radius 2 is 2.20 bits per heavy atom. The number of carbonyl (C=O) groups excluding carboxylic acids is 2. The first-order chi connectivity index (χ1) is 4.72. The van der Waals surface area contributed by atoms with Gasteiger partial charge in [0.25, 0.3) is 0 Å². The average Bonchev–Trinajstić information content (AvgIpc) is 1.89. The summed E-state index contributed by atoms with van der Waals surface area (Å²) in [5.41, 5.74) is 0. The van der Waals surface area contributed by atoms with Crippen molar-refractivity contribution in [3.8, 4) is 0 Å². The molecule has 10 heavy (non-hydrogen) atoms. The highest BCUT2D eigenvalue weighted by atomic mass is 16.1. The molecule has 2 heteroatoms. The third kappa shape index (κ3) is 3.38. The molecule has 0 aliphatic heterocycles. The lowest BCUT2D eigenvalue weighted by molar-refractivity contribution is -0.125. The standard InChI is InChI=1S/C8H14O2/c1-3-4-5-8(6-9)7(2)10/h6,8H,3-5H2,1-2H3/t8-/m0/s1. The Labute approximate surface area is 61.6 Å². The van der Waals surface area contributed by atoms with Crippen molar-refractivity contribution in [2.45, 2.75) is 33.1 Å². The summed E-state index contributed by atoms with van der Waals surface area (Å²) in [6, 6.07) is 0. The van der Waals surface area contributed by atoms with Crippen molar-refractivity contribution in [3.63, 3.8) is 0 Å². The molecule has 0 unspecified atom stereocenters. The molecule has 0 fully saturated rings. The minimum absolute atomic E-state index is 0.0107. The SMILES string of the molecule is CCCC[C@@H](C=O)C(C)=O. The van der Waals surface area contributed by atoms with E-state index in [2.05, 4.69) is 0 Å².